The van der Waals surface area contributed by atoms with E-state index >= 15 is 0 Å². The monoisotopic (exact) mass is 283 g/mol. The first-order valence-corrected chi connectivity index (χ1v) is 8.05. The summed E-state index contributed by atoms with van der Waals surface area (Å²) in [5.41, 5.74) is 8.75. The van der Waals surface area contributed by atoms with Crippen LogP contribution in [0.5, 0.6) is 0 Å². The lowest BCUT2D eigenvalue weighted by Crippen LogP contribution is -2.43. The van der Waals surface area contributed by atoms with E-state index in [0.717, 1.165) is 29.7 Å². The molecule has 1 aliphatic heterocycles. The van der Waals surface area contributed by atoms with E-state index in [0.29, 0.717) is 13.1 Å². The minimum Gasteiger partial charge on any atom is -0.324 e. The molecular weight excluding hydrogens is 262 g/mol. The largest absolute Gasteiger partial charge is 0.324 e. The summed E-state index contributed by atoms with van der Waals surface area (Å²) >= 11 is 0. The smallest absolute Gasteiger partial charge is 0.301 e. The molecule has 106 valence electrons. The lowest BCUT2D eigenvalue weighted by molar-refractivity contribution is 0.574. The Balaban J connectivity index is 2.40. The predicted molar refractivity (Wildman–Crippen MR) is 77.3 cm³/mol. The van der Waals surface area contributed by atoms with E-state index in [4.69, 9.17) is 5.73 Å². The molecule has 1 unspecified atom stereocenters. The number of hydrogen-bond donors (Lipinski definition) is 2. The van der Waals surface area contributed by atoms with Crippen LogP contribution in [-0.4, -0.2) is 21.5 Å². The fourth-order valence-electron chi connectivity index (χ4n) is 2.38. The Morgan fingerprint density at radius 1 is 1.47 bits per heavy atom. The molecule has 19 heavy (non-hydrogen) atoms. The Hall–Kier alpha value is -1.11. The standard InChI is InChI=1S/C13H21N3O2S/c1-3-15-19(17,18)16-8-4-5-12-9-11(10(2)14)6-7-13(12)16/h6-7,9-10,15H,3-5,8,14H2,1-2H3. The van der Waals surface area contributed by atoms with Crippen molar-refractivity contribution in [1.29, 1.82) is 0 Å². The number of aryl methyl sites for hydroxylation is 1. The molecule has 6 heteroatoms. The first kappa shape index (κ1) is 14.3. The molecular formula is C13H21N3O2S. The van der Waals surface area contributed by atoms with E-state index < -0.39 is 10.2 Å². The van der Waals surface area contributed by atoms with E-state index in [-0.39, 0.29) is 6.04 Å². The number of hydrogen-bond acceptors (Lipinski definition) is 3. The van der Waals surface area contributed by atoms with Crippen molar-refractivity contribution in [2.75, 3.05) is 17.4 Å². The van der Waals surface area contributed by atoms with Crippen LogP contribution in [-0.2, 0) is 16.6 Å². The molecule has 3 N–H and O–H groups in total. The SMILES string of the molecule is CCNS(=O)(=O)N1CCCc2cc(C(C)N)ccc21. The number of benzene rings is 1. The lowest BCUT2D eigenvalue weighted by atomic mass is 9.98. The van der Waals surface area contributed by atoms with Gasteiger partial charge < -0.3 is 5.73 Å². The van der Waals surface area contributed by atoms with Gasteiger partial charge in [-0.3, -0.25) is 4.31 Å². The molecule has 0 saturated carbocycles. The van der Waals surface area contributed by atoms with Crippen LogP contribution in [0.25, 0.3) is 0 Å². The fourth-order valence-corrected chi connectivity index (χ4v) is 3.70. The van der Waals surface area contributed by atoms with Gasteiger partial charge in [0.2, 0.25) is 0 Å². The fraction of sp³-hybridized carbons (Fsp3) is 0.538. The zero-order valence-corrected chi connectivity index (χ0v) is 12.2. The lowest BCUT2D eigenvalue weighted by Gasteiger charge is -2.30. The molecule has 0 saturated heterocycles. The zero-order valence-electron chi connectivity index (χ0n) is 11.4. The van der Waals surface area contributed by atoms with Gasteiger partial charge in [0.25, 0.3) is 0 Å². The minimum atomic E-state index is -3.43. The van der Waals surface area contributed by atoms with Crippen molar-refractivity contribution in [1.82, 2.24) is 4.72 Å². The highest BCUT2D eigenvalue weighted by atomic mass is 32.2. The number of nitrogens with two attached hydrogens (primary N) is 1. The molecule has 1 atom stereocenters. The van der Waals surface area contributed by atoms with Gasteiger partial charge >= 0.3 is 10.2 Å². The predicted octanol–water partition coefficient (Wildman–Crippen LogP) is 1.31. The molecule has 1 aliphatic rings. The molecule has 0 spiro atoms. The van der Waals surface area contributed by atoms with E-state index in [9.17, 15) is 8.42 Å². The van der Waals surface area contributed by atoms with Gasteiger partial charge in [-0.05, 0) is 37.0 Å². The number of nitrogens with zero attached hydrogens (tertiary/aromatic N) is 1. The molecule has 1 aromatic carbocycles. The van der Waals surface area contributed by atoms with Gasteiger partial charge in [0.1, 0.15) is 0 Å². The van der Waals surface area contributed by atoms with Crippen molar-refractivity contribution < 1.29 is 8.42 Å². The molecule has 1 heterocycles. The molecule has 2 rings (SSSR count). The van der Waals surface area contributed by atoms with Crippen LogP contribution in [0.2, 0.25) is 0 Å². The highest BCUT2D eigenvalue weighted by molar-refractivity contribution is 7.90. The van der Waals surface area contributed by atoms with Crippen molar-refractivity contribution in [3.05, 3.63) is 29.3 Å². The summed E-state index contributed by atoms with van der Waals surface area (Å²) in [6, 6.07) is 5.75. The van der Waals surface area contributed by atoms with Gasteiger partial charge in [-0.1, -0.05) is 19.1 Å². The van der Waals surface area contributed by atoms with Crippen molar-refractivity contribution in [2.45, 2.75) is 32.7 Å². The summed E-state index contributed by atoms with van der Waals surface area (Å²) in [5.74, 6) is 0. The maximum absolute atomic E-state index is 12.2. The van der Waals surface area contributed by atoms with Gasteiger partial charge in [0, 0.05) is 19.1 Å². The average Bonchev–Trinajstić information content (AvgIpc) is 2.37. The summed E-state index contributed by atoms with van der Waals surface area (Å²) in [7, 11) is -3.43. The average molecular weight is 283 g/mol. The summed E-state index contributed by atoms with van der Waals surface area (Å²) in [5, 5.41) is 0. The molecule has 0 radical (unpaired) electrons. The first-order chi connectivity index (χ1) is 8.95. The molecule has 1 aromatic rings. The summed E-state index contributed by atoms with van der Waals surface area (Å²) < 4.78 is 28.3. The number of fused-ring (bicyclic) bond motifs is 1. The summed E-state index contributed by atoms with van der Waals surface area (Å²) in [6.07, 6.45) is 1.73. The summed E-state index contributed by atoms with van der Waals surface area (Å²) in [6.45, 7) is 4.63. The molecule has 0 amide bonds. The van der Waals surface area contributed by atoms with Gasteiger partial charge in [-0.2, -0.15) is 13.1 Å². The van der Waals surface area contributed by atoms with E-state index in [2.05, 4.69) is 4.72 Å². The number of rotatable bonds is 4. The molecule has 0 aromatic heterocycles. The Labute approximate surface area is 115 Å². The normalized spacial score (nSPS) is 17.1. The second-order valence-electron chi connectivity index (χ2n) is 4.86. The van der Waals surface area contributed by atoms with Crippen molar-refractivity contribution in [3.8, 4) is 0 Å². The van der Waals surface area contributed by atoms with E-state index in [1.807, 2.05) is 25.1 Å². The summed E-state index contributed by atoms with van der Waals surface area (Å²) in [4.78, 5) is 0. The maximum atomic E-state index is 12.2. The highest BCUT2D eigenvalue weighted by Crippen LogP contribution is 2.30. The first-order valence-electron chi connectivity index (χ1n) is 6.61. The van der Waals surface area contributed by atoms with Crippen molar-refractivity contribution in [3.63, 3.8) is 0 Å². The molecule has 0 bridgehead atoms. The second kappa shape index (κ2) is 5.48. The topological polar surface area (TPSA) is 75.4 Å². The van der Waals surface area contributed by atoms with E-state index in [1.54, 1.807) is 6.92 Å². The number of anilines is 1. The van der Waals surface area contributed by atoms with Crippen LogP contribution >= 0.6 is 0 Å². The second-order valence-corrected chi connectivity index (χ2v) is 6.54. The Morgan fingerprint density at radius 2 is 2.21 bits per heavy atom. The number of nitrogens with one attached hydrogen (secondary N) is 1. The van der Waals surface area contributed by atoms with Crippen LogP contribution in [0.15, 0.2) is 18.2 Å². The van der Waals surface area contributed by atoms with Gasteiger partial charge in [-0.25, -0.2) is 0 Å². The van der Waals surface area contributed by atoms with E-state index in [1.165, 1.54) is 4.31 Å². The van der Waals surface area contributed by atoms with Gasteiger partial charge in [0.05, 0.1) is 5.69 Å². The minimum absolute atomic E-state index is 0.0361. The Morgan fingerprint density at radius 3 is 2.84 bits per heavy atom. The van der Waals surface area contributed by atoms with Gasteiger partial charge in [0.15, 0.2) is 0 Å². The van der Waals surface area contributed by atoms with Crippen molar-refractivity contribution in [2.24, 2.45) is 5.73 Å². The van der Waals surface area contributed by atoms with Crippen LogP contribution in [0.4, 0.5) is 5.69 Å². The third-order valence-corrected chi connectivity index (χ3v) is 4.94. The maximum Gasteiger partial charge on any atom is 0.301 e. The van der Waals surface area contributed by atoms with Crippen LogP contribution in [0.3, 0.4) is 0 Å². The quantitative estimate of drug-likeness (QED) is 0.875. The van der Waals surface area contributed by atoms with Crippen LogP contribution < -0.4 is 14.8 Å². The Bertz CT molecular complexity index is 555. The van der Waals surface area contributed by atoms with Crippen LogP contribution in [0.1, 0.15) is 37.4 Å². The third-order valence-electron chi connectivity index (χ3n) is 3.32. The van der Waals surface area contributed by atoms with Gasteiger partial charge in [-0.15, -0.1) is 0 Å². The molecule has 5 nitrogen and oxygen atoms in total. The Kier molecular flexibility index (Phi) is 4.13. The molecule has 0 fully saturated rings. The zero-order chi connectivity index (χ0) is 14.0. The highest BCUT2D eigenvalue weighted by Gasteiger charge is 2.26. The third kappa shape index (κ3) is 2.91. The molecule has 0 aliphatic carbocycles. The van der Waals surface area contributed by atoms with Crippen LogP contribution in [0, 0.1) is 0 Å². The van der Waals surface area contributed by atoms with Crippen molar-refractivity contribution >= 4 is 15.9 Å².